The van der Waals surface area contributed by atoms with Crippen LogP contribution in [0.4, 0.5) is 0 Å². The van der Waals surface area contributed by atoms with E-state index in [-0.39, 0.29) is 30.0 Å². The van der Waals surface area contributed by atoms with E-state index in [0.29, 0.717) is 0 Å². The summed E-state index contributed by atoms with van der Waals surface area (Å²) in [5.74, 6) is 3.47. The Balaban J connectivity index is 0.00000225. The molecule has 0 bridgehead atoms. The van der Waals surface area contributed by atoms with Crippen LogP contribution in [0.25, 0.3) is 0 Å². The molecule has 1 unspecified atom stereocenters. The van der Waals surface area contributed by atoms with Gasteiger partial charge in [-0.3, -0.25) is 4.99 Å². The molecule has 2 aromatic heterocycles. The van der Waals surface area contributed by atoms with Gasteiger partial charge in [-0.05, 0) is 40.0 Å². The predicted molar refractivity (Wildman–Crippen MR) is 106 cm³/mol. The molecule has 3 heterocycles. The monoisotopic (exact) mass is 459 g/mol. The summed E-state index contributed by atoms with van der Waals surface area (Å²) >= 11 is 0. The van der Waals surface area contributed by atoms with Gasteiger partial charge in [-0.1, -0.05) is 5.16 Å². The molecule has 2 aromatic rings. The summed E-state index contributed by atoms with van der Waals surface area (Å²) in [6.45, 7) is 7.54. The predicted octanol–water partition coefficient (Wildman–Crippen LogP) is 2.05. The van der Waals surface area contributed by atoms with Gasteiger partial charge < -0.3 is 15.2 Å². The fourth-order valence-corrected chi connectivity index (χ4v) is 3.13. The zero-order valence-corrected chi connectivity index (χ0v) is 17.5. The molecule has 0 aliphatic carbocycles. The number of fused-ring (bicyclic) bond motifs is 1. The third kappa shape index (κ3) is 4.50. The Bertz CT molecular complexity index is 717. The van der Waals surface area contributed by atoms with Gasteiger partial charge in [0.05, 0.1) is 11.7 Å². The maximum atomic E-state index is 5.20. The molecule has 9 heteroatoms. The van der Waals surface area contributed by atoms with Crippen molar-refractivity contribution in [1.82, 2.24) is 30.6 Å². The fourth-order valence-electron chi connectivity index (χ4n) is 3.13. The topological polar surface area (TPSA) is 93.2 Å². The Morgan fingerprint density at radius 3 is 2.84 bits per heavy atom. The minimum atomic E-state index is 0. The van der Waals surface area contributed by atoms with Gasteiger partial charge >= 0.3 is 0 Å². The van der Waals surface area contributed by atoms with Crippen LogP contribution in [-0.4, -0.2) is 39.5 Å². The maximum absolute atomic E-state index is 5.20. The lowest BCUT2D eigenvalue weighted by Crippen LogP contribution is -2.42. The molecule has 1 aliphatic rings. The average molecular weight is 459 g/mol. The standard InChI is InChI=1S/C16H25N7O.HI/c1-10-13(11(2)24-22-10)7-8-18-16(17-4)20-14-6-5-9-23-15(14)19-12(3)21-23;/h14H,5-9H2,1-4H3,(H2,17,18,20);1H. The molecule has 0 spiro atoms. The van der Waals surface area contributed by atoms with Crippen LogP contribution >= 0.6 is 24.0 Å². The van der Waals surface area contributed by atoms with Crippen molar-refractivity contribution in [2.45, 2.75) is 52.6 Å². The molecule has 1 aliphatic heterocycles. The molecule has 0 saturated carbocycles. The van der Waals surface area contributed by atoms with Gasteiger partial charge in [-0.25, -0.2) is 9.67 Å². The van der Waals surface area contributed by atoms with Crippen molar-refractivity contribution in [1.29, 1.82) is 0 Å². The number of rotatable bonds is 4. The second-order valence-corrected chi connectivity index (χ2v) is 6.13. The first kappa shape index (κ1) is 19.7. The second-order valence-electron chi connectivity index (χ2n) is 6.13. The van der Waals surface area contributed by atoms with Crippen LogP contribution in [0, 0.1) is 20.8 Å². The van der Waals surface area contributed by atoms with Gasteiger partial charge in [0.2, 0.25) is 0 Å². The average Bonchev–Trinajstić information content (AvgIpc) is 3.10. The van der Waals surface area contributed by atoms with Crippen molar-refractivity contribution < 1.29 is 4.52 Å². The Kier molecular flexibility index (Phi) is 6.79. The van der Waals surface area contributed by atoms with Crippen molar-refractivity contribution >= 4 is 29.9 Å². The van der Waals surface area contributed by atoms with Gasteiger partial charge in [0.1, 0.15) is 17.4 Å². The van der Waals surface area contributed by atoms with Crippen molar-refractivity contribution in [2.24, 2.45) is 4.99 Å². The highest BCUT2D eigenvalue weighted by molar-refractivity contribution is 14.0. The highest BCUT2D eigenvalue weighted by atomic mass is 127. The summed E-state index contributed by atoms with van der Waals surface area (Å²) in [7, 11) is 1.78. The third-order valence-corrected chi connectivity index (χ3v) is 4.36. The van der Waals surface area contributed by atoms with Crippen LogP contribution in [-0.2, 0) is 13.0 Å². The lowest BCUT2D eigenvalue weighted by molar-refractivity contribution is 0.392. The molecular formula is C16H26IN7O. The van der Waals surface area contributed by atoms with E-state index in [2.05, 4.69) is 30.9 Å². The summed E-state index contributed by atoms with van der Waals surface area (Å²) in [5.41, 5.74) is 2.11. The number of aromatic nitrogens is 4. The SMILES string of the molecule is CN=C(NCCc1c(C)noc1C)NC1CCCn2nc(C)nc21.I. The highest BCUT2D eigenvalue weighted by Gasteiger charge is 2.24. The van der Waals surface area contributed by atoms with Crippen LogP contribution in [0.3, 0.4) is 0 Å². The summed E-state index contributed by atoms with van der Waals surface area (Å²) in [5, 5.41) is 15.2. The zero-order valence-electron chi connectivity index (χ0n) is 15.2. The molecule has 0 radical (unpaired) electrons. The lowest BCUT2D eigenvalue weighted by Gasteiger charge is -2.25. The second kappa shape index (κ2) is 8.63. The Hall–Kier alpha value is -1.65. The number of aryl methyl sites for hydroxylation is 4. The molecular weight excluding hydrogens is 433 g/mol. The van der Waals surface area contributed by atoms with Crippen LogP contribution in [0.1, 0.15) is 47.5 Å². The minimum Gasteiger partial charge on any atom is -0.361 e. The number of hydrogen-bond donors (Lipinski definition) is 2. The largest absolute Gasteiger partial charge is 0.361 e. The van der Waals surface area contributed by atoms with Gasteiger partial charge in [0, 0.05) is 25.7 Å². The van der Waals surface area contributed by atoms with Crippen molar-refractivity contribution in [3.63, 3.8) is 0 Å². The van der Waals surface area contributed by atoms with E-state index in [4.69, 9.17) is 4.52 Å². The molecule has 2 N–H and O–H groups in total. The van der Waals surface area contributed by atoms with Crippen molar-refractivity contribution in [3.8, 4) is 0 Å². The molecule has 0 saturated heterocycles. The Morgan fingerprint density at radius 2 is 2.16 bits per heavy atom. The third-order valence-electron chi connectivity index (χ3n) is 4.36. The first-order valence-corrected chi connectivity index (χ1v) is 8.38. The maximum Gasteiger partial charge on any atom is 0.191 e. The number of halogens is 1. The quantitative estimate of drug-likeness (QED) is 0.413. The summed E-state index contributed by atoms with van der Waals surface area (Å²) in [6.07, 6.45) is 2.97. The highest BCUT2D eigenvalue weighted by Crippen LogP contribution is 2.22. The van der Waals surface area contributed by atoms with Crippen LogP contribution < -0.4 is 10.6 Å². The first-order chi connectivity index (χ1) is 11.6. The van der Waals surface area contributed by atoms with Gasteiger partial charge in [-0.2, -0.15) is 5.10 Å². The van der Waals surface area contributed by atoms with E-state index in [9.17, 15) is 0 Å². The van der Waals surface area contributed by atoms with Crippen molar-refractivity contribution in [2.75, 3.05) is 13.6 Å². The van der Waals surface area contributed by atoms with Gasteiger partial charge in [0.15, 0.2) is 5.96 Å². The van der Waals surface area contributed by atoms with E-state index >= 15 is 0 Å². The molecule has 0 aromatic carbocycles. The van der Waals surface area contributed by atoms with Gasteiger partial charge in [-0.15, -0.1) is 24.0 Å². The number of nitrogens with zero attached hydrogens (tertiary/aromatic N) is 5. The van der Waals surface area contributed by atoms with Crippen LogP contribution in [0.2, 0.25) is 0 Å². The number of aliphatic imine (C=N–C) groups is 1. The number of guanidine groups is 1. The Labute approximate surface area is 164 Å². The normalized spacial score (nSPS) is 17.0. The number of nitrogens with one attached hydrogen (secondary N) is 2. The van der Waals surface area contributed by atoms with Gasteiger partial charge in [0.25, 0.3) is 0 Å². The van der Waals surface area contributed by atoms with E-state index in [1.807, 2.05) is 25.5 Å². The fraction of sp³-hybridized carbons (Fsp3) is 0.625. The summed E-state index contributed by atoms with van der Waals surface area (Å²) in [4.78, 5) is 8.87. The van der Waals surface area contributed by atoms with Crippen molar-refractivity contribution in [3.05, 3.63) is 28.7 Å². The Morgan fingerprint density at radius 1 is 1.36 bits per heavy atom. The zero-order chi connectivity index (χ0) is 17.1. The summed E-state index contributed by atoms with van der Waals surface area (Å²) < 4.78 is 7.19. The number of hydrogen-bond acceptors (Lipinski definition) is 5. The van der Waals surface area contributed by atoms with E-state index in [0.717, 1.165) is 67.0 Å². The molecule has 25 heavy (non-hydrogen) atoms. The molecule has 1 atom stereocenters. The van der Waals surface area contributed by atoms with E-state index in [1.54, 1.807) is 7.05 Å². The van der Waals surface area contributed by atoms with Crippen LogP contribution in [0.5, 0.6) is 0 Å². The minimum absolute atomic E-state index is 0. The summed E-state index contributed by atoms with van der Waals surface area (Å²) in [6, 6.07) is 0.144. The molecule has 138 valence electrons. The molecule has 0 fully saturated rings. The first-order valence-electron chi connectivity index (χ1n) is 8.38. The molecule has 0 amide bonds. The lowest BCUT2D eigenvalue weighted by atomic mass is 10.1. The van der Waals surface area contributed by atoms with E-state index in [1.165, 1.54) is 0 Å². The van der Waals surface area contributed by atoms with E-state index < -0.39 is 0 Å². The molecule has 3 rings (SSSR count). The van der Waals surface area contributed by atoms with Crippen LogP contribution in [0.15, 0.2) is 9.52 Å². The molecule has 8 nitrogen and oxygen atoms in total. The smallest absolute Gasteiger partial charge is 0.191 e.